The van der Waals surface area contributed by atoms with Gasteiger partial charge in [-0.1, -0.05) is 42.8 Å². The van der Waals surface area contributed by atoms with Crippen molar-refractivity contribution in [2.75, 3.05) is 50.7 Å². The number of hydrogen-bond acceptors (Lipinski definition) is 8. The Bertz CT molecular complexity index is 1340. The number of aliphatic imine (C=N–C) groups is 1. The maximum absolute atomic E-state index is 11.5. The molecule has 2 fully saturated rings. The number of halogens is 1. The summed E-state index contributed by atoms with van der Waals surface area (Å²) in [6.07, 6.45) is 5.29. The molecule has 0 bridgehead atoms. The molecule has 5 rings (SSSR count). The Morgan fingerprint density at radius 3 is 2.49 bits per heavy atom. The molecule has 0 radical (unpaired) electrons. The van der Waals surface area contributed by atoms with Crippen LogP contribution in [-0.2, 0) is 22.3 Å². The van der Waals surface area contributed by atoms with Crippen LogP contribution in [0.1, 0.15) is 56.7 Å². The molecule has 0 amide bonds. The molecule has 12 heteroatoms. The number of hydrogen-bond donors (Lipinski definition) is 3. The molecule has 1 aromatic carbocycles. The first kappa shape index (κ1) is 30.2. The van der Waals surface area contributed by atoms with Crippen LogP contribution >= 0.6 is 11.6 Å². The average molecular weight is 603 g/mol. The molecular weight excluding hydrogens is 560 g/mol. The first-order chi connectivity index (χ1) is 19.5. The molecule has 1 aromatic heterocycles. The van der Waals surface area contributed by atoms with Crippen LogP contribution < -0.4 is 20.1 Å². The quantitative estimate of drug-likeness (QED) is 0.404. The second-order valence-corrected chi connectivity index (χ2v) is 13.6. The predicted molar refractivity (Wildman–Crippen MR) is 166 cm³/mol. The van der Waals surface area contributed by atoms with Crippen molar-refractivity contribution in [3.63, 3.8) is 0 Å². The number of piperazine rings is 1. The van der Waals surface area contributed by atoms with Gasteiger partial charge in [-0.2, -0.15) is 13.1 Å². The highest BCUT2D eigenvalue weighted by molar-refractivity contribution is 7.87. The summed E-state index contributed by atoms with van der Waals surface area (Å²) < 4.78 is 25.5. The van der Waals surface area contributed by atoms with Gasteiger partial charge < -0.3 is 10.2 Å². The molecule has 2 saturated heterocycles. The molecule has 3 aliphatic heterocycles. The van der Waals surface area contributed by atoms with Crippen molar-refractivity contribution in [1.29, 1.82) is 0 Å². The summed E-state index contributed by atoms with van der Waals surface area (Å²) in [5.41, 5.74) is 2.29. The lowest BCUT2D eigenvalue weighted by Gasteiger charge is -2.47. The van der Waals surface area contributed by atoms with Crippen LogP contribution in [0.5, 0.6) is 0 Å². The zero-order chi connectivity index (χ0) is 29.2. The maximum atomic E-state index is 11.5. The van der Waals surface area contributed by atoms with Crippen molar-refractivity contribution >= 4 is 33.5 Å². The minimum Gasteiger partial charge on any atom is -0.368 e. The summed E-state index contributed by atoms with van der Waals surface area (Å²) in [7, 11) is -3.79. The topological polar surface area (TPSA) is 119 Å². The molecule has 0 unspecified atom stereocenters. The highest BCUT2D eigenvalue weighted by Gasteiger charge is 2.34. The van der Waals surface area contributed by atoms with E-state index in [4.69, 9.17) is 21.7 Å². The van der Waals surface area contributed by atoms with Gasteiger partial charge in [0, 0.05) is 56.6 Å². The summed E-state index contributed by atoms with van der Waals surface area (Å²) in [4.78, 5) is 16.8. The van der Waals surface area contributed by atoms with Crippen molar-refractivity contribution in [3.05, 3.63) is 58.2 Å². The van der Waals surface area contributed by atoms with Crippen LogP contribution in [0.25, 0.3) is 0 Å². The zero-order valence-electron chi connectivity index (χ0n) is 24.3. The van der Waals surface area contributed by atoms with Crippen LogP contribution in [0, 0.1) is 0 Å². The number of anilines is 1. The molecule has 0 aliphatic carbocycles. The second kappa shape index (κ2) is 12.5. The van der Waals surface area contributed by atoms with E-state index in [2.05, 4.69) is 48.8 Å². The number of aromatic nitrogens is 1. The Balaban J connectivity index is 1.13. The fraction of sp³-hybridized carbons (Fsp3) is 0.586. The number of piperidine rings is 1. The van der Waals surface area contributed by atoms with Crippen molar-refractivity contribution in [3.8, 4) is 0 Å². The Labute approximate surface area is 249 Å². The van der Waals surface area contributed by atoms with Crippen molar-refractivity contribution in [2.24, 2.45) is 10.1 Å². The summed E-state index contributed by atoms with van der Waals surface area (Å²) in [6.45, 7) is 13.5. The van der Waals surface area contributed by atoms with Gasteiger partial charge in [-0.25, -0.2) is 10.1 Å². The first-order valence-corrected chi connectivity index (χ1v) is 16.5. The zero-order valence-corrected chi connectivity index (χ0v) is 25.9. The van der Waals surface area contributed by atoms with E-state index < -0.39 is 15.7 Å². The first-order valence-electron chi connectivity index (χ1n) is 14.6. The van der Waals surface area contributed by atoms with Crippen LogP contribution in [0.4, 0.5) is 5.82 Å². The molecule has 4 N–H and O–H groups in total. The van der Waals surface area contributed by atoms with Gasteiger partial charge in [0.2, 0.25) is 0 Å². The smallest absolute Gasteiger partial charge is 0.275 e. The second-order valence-electron chi connectivity index (χ2n) is 11.9. The van der Waals surface area contributed by atoms with Gasteiger partial charge in [-0.05, 0) is 63.4 Å². The third-order valence-electron chi connectivity index (χ3n) is 8.57. The molecule has 0 spiro atoms. The summed E-state index contributed by atoms with van der Waals surface area (Å²) >= 11 is 6.72. The molecule has 1 atom stereocenters. The van der Waals surface area contributed by atoms with Crippen LogP contribution in [0.2, 0.25) is 5.02 Å². The minimum absolute atomic E-state index is 0.473. The van der Waals surface area contributed by atoms with E-state index in [1.807, 2.05) is 38.2 Å². The number of nitrogens with one attached hydrogen (secondary N) is 2. The fourth-order valence-electron chi connectivity index (χ4n) is 6.40. The third kappa shape index (κ3) is 7.39. The van der Waals surface area contributed by atoms with E-state index in [0.29, 0.717) is 17.1 Å². The van der Waals surface area contributed by atoms with Gasteiger partial charge >= 0.3 is 0 Å². The van der Waals surface area contributed by atoms with Crippen molar-refractivity contribution in [1.82, 2.24) is 24.8 Å². The van der Waals surface area contributed by atoms with Gasteiger partial charge in [0.05, 0.1) is 17.1 Å². The number of benzene rings is 1. The Morgan fingerprint density at radius 2 is 1.88 bits per heavy atom. The van der Waals surface area contributed by atoms with Crippen LogP contribution in [0.15, 0.2) is 41.5 Å². The average Bonchev–Trinajstić information content (AvgIpc) is 3.47. The summed E-state index contributed by atoms with van der Waals surface area (Å²) in [5, 5.41) is 9.17. The van der Waals surface area contributed by atoms with Gasteiger partial charge in [-0.15, -0.1) is 0 Å². The van der Waals surface area contributed by atoms with E-state index in [1.54, 1.807) is 0 Å². The molecule has 2 aromatic rings. The number of amidine groups is 1. The van der Waals surface area contributed by atoms with Gasteiger partial charge in [-0.3, -0.25) is 14.8 Å². The fourth-order valence-corrected chi connectivity index (χ4v) is 7.51. The lowest BCUT2D eigenvalue weighted by atomic mass is 9.94. The Kier molecular flexibility index (Phi) is 9.22. The standard InChI is InChI=1S/C29H43ClN8O2S/c1-4-24-20-37(28-26(30)17-22(18-34-28)27-32-11-12-33-27)15-16-38(24)25-9-13-36(14-10-25)19-21-5-7-23(8-6-21)29(2,3)35-41(31,39)40/h5-8,17-18,24-25,35H,4,9-16,19-20H2,1-3H3,(H,32,33)(H2,31,39,40)/t24-/m0/s1. The summed E-state index contributed by atoms with van der Waals surface area (Å²) in [5.74, 6) is 1.75. The number of nitrogens with two attached hydrogens (primary N) is 1. The van der Waals surface area contributed by atoms with Gasteiger partial charge in [0.25, 0.3) is 10.2 Å². The van der Waals surface area contributed by atoms with Gasteiger partial charge in [0.1, 0.15) is 11.7 Å². The minimum atomic E-state index is -3.79. The SMILES string of the molecule is CC[C@H]1CN(c2ncc(C3=NCCN3)cc2Cl)CCN1C1CCN(Cc2ccc(C(C)(C)NS(N)(=O)=O)cc2)CC1. The van der Waals surface area contributed by atoms with E-state index in [-0.39, 0.29) is 0 Å². The van der Waals surface area contributed by atoms with E-state index in [1.165, 1.54) is 5.56 Å². The number of rotatable bonds is 9. The largest absolute Gasteiger partial charge is 0.368 e. The molecule has 41 heavy (non-hydrogen) atoms. The molecule has 224 valence electrons. The third-order valence-corrected chi connectivity index (χ3v) is 9.65. The normalized spacial score (nSPS) is 21.6. The van der Waals surface area contributed by atoms with E-state index in [9.17, 15) is 8.42 Å². The lowest BCUT2D eigenvalue weighted by Crippen LogP contribution is -2.58. The summed E-state index contributed by atoms with van der Waals surface area (Å²) in [6, 6.07) is 11.2. The maximum Gasteiger partial charge on any atom is 0.275 e. The highest BCUT2D eigenvalue weighted by Crippen LogP contribution is 2.30. The van der Waals surface area contributed by atoms with E-state index in [0.717, 1.165) is 94.4 Å². The molecule has 3 aliphatic rings. The number of pyridine rings is 1. The molecular formula is C29H43ClN8O2S. The molecule has 0 saturated carbocycles. The van der Waals surface area contributed by atoms with E-state index >= 15 is 0 Å². The number of nitrogens with zero attached hydrogens (tertiary/aromatic N) is 5. The molecule has 4 heterocycles. The highest BCUT2D eigenvalue weighted by atomic mass is 35.5. The van der Waals surface area contributed by atoms with Crippen LogP contribution in [0.3, 0.4) is 0 Å². The molecule has 10 nitrogen and oxygen atoms in total. The van der Waals surface area contributed by atoms with Gasteiger partial charge in [0.15, 0.2) is 0 Å². The van der Waals surface area contributed by atoms with Crippen molar-refractivity contribution < 1.29 is 8.42 Å². The predicted octanol–water partition coefficient (Wildman–Crippen LogP) is 2.68. The number of likely N-dealkylation sites (tertiary alicyclic amines) is 1. The van der Waals surface area contributed by atoms with Crippen molar-refractivity contribution in [2.45, 2.75) is 64.2 Å². The van der Waals surface area contributed by atoms with Crippen LogP contribution in [-0.4, -0.2) is 86.9 Å². The Hall–Kier alpha value is -2.28. The monoisotopic (exact) mass is 602 g/mol. The lowest BCUT2D eigenvalue weighted by molar-refractivity contribution is 0.0610. The Morgan fingerprint density at radius 1 is 1.15 bits per heavy atom.